The topological polar surface area (TPSA) is 78.8 Å². The molecule has 2 aliphatic rings. The molecular formula is C22H22F3N3O3S. The number of amidine groups is 1. The molecular weight excluding hydrogens is 443 g/mol. The molecule has 0 aromatic heterocycles. The van der Waals surface area contributed by atoms with Crippen LogP contribution in [0, 0.1) is 5.92 Å². The van der Waals surface area contributed by atoms with E-state index in [9.17, 15) is 26.4 Å². The van der Waals surface area contributed by atoms with Gasteiger partial charge in [0.25, 0.3) is 10.0 Å². The Balaban J connectivity index is 1.43. The summed E-state index contributed by atoms with van der Waals surface area (Å²) in [4.78, 5) is 14.4. The van der Waals surface area contributed by atoms with Gasteiger partial charge in [-0.2, -0.15) is 21.6 Å². The van der Waals surface area contributed by atoms with Gasteiger partial charge in [0.05, 0.1) is 10.5 Å². The first-order valence-electron chi connectivity index (χ1n) is 10.2. The predicted molar refractivity (Wildman–Crippen MR) is 114 cm³/mol. The second-order valence-corrected chi connectivity index (χ2v) is 9.70. The van der Waals surface area contributed by atoms with E-state index in [1.807, 2.05) is 0 Å². The zero-order valence-electron chi connectivity index (χ0n) is 17.3. The minimum absolute atomic E-state index is 0.0156. The number of sulfonamides is 1. The highest BCUT2D eigenvalue weighted by Gasteiger charge is 2.44. The van der Waals surface area contributed by atoms with Crippen molar-refractivity contribution in [3.05, 3.63) is 59.7 Å². The van der Waals surface area contributed by atoms with E-state index in [-0.39, 0.29) is 22.6 Å². The third kappa shape index (κ3) is 4.79. The molecule has 0 bridgehead atoms. The molecule has 2 unspecified atom stereocenters. The minimum atomic E-state index is -4.40. The molecule has 2 aromatic rings. The molecule has 2 aromatic carbocycles. The molecule has 32 heavy (non-hydrogen) atoms. The quantitative estimate of drug-likeness (QED) is 0.716. The van der Waals surface area contributed by atoms with Gasteiger partial charge >= 0.3 is 6.18 Å². The van der Waals surface area contributed by atoms with Gasteiger partial charge in [0.15, 0.2) is 0 Å². The number of rotatable bonds is 5. The molecule has 1 saturated heterocycles. The van der Waals surface area contributed by atoms with Crippen LogP contribution >= 0.6 is 0 Å². The second-order valence-electron chi connectivity index (χ2n) is 8.09. The summed E-state index contributed by atoms with van der Waals surface area (Å²) in [6, 6.07) is 10.7. The van der Waals surface area contributed by atoms with Crippen molar-refractivity contribution in [1.82, 2.24) is 4.90 Å². The Hall–Kier alpha value is -2.88. The van der Waals surface area contributed by atoms with Crippen molar-refractivity contribution >= 4 is 27.5 Å². The predicted octanol–water partition coefficient (Wildman–Crippen LogP) is 4.26. The third-order valence-corrected chi connectivity index (χ3v) is 7.05. The number of carbonyl (C=O) groups excluding carboxylic acids is 1. The highest BCUT2D eigenvalue weighted by Crippen LogP contribution is 2.48. The molecule has 6 nitrogen and oxygen atoms in total. The average Bonchev–Trinajstić information content (AvgIpc) is 3.45. The number of anilines is 1. The standard InChI is InChI=1S/C22H22F3N3O3S/c1-28-11-3-6-20(28)27-32(30,31)17-5-2-4-16(12-17)26-21(29)19-13-18(19)14-7-9-15(10-8-14)22(23,24)25/h2,4-5,7-10,12,18-19H,3,6,11,13H2,1H3,(H,26,29)/b27-20+. The van der Waals surface area contributed by atoms with Crippen molar-refractivity contribution in [2.45, 2.75) is 36.3 Å². The van der Waals surface area contributed by atoms with Gasteiger partial charge in [-0.25, -0.2) is 0 Å². The van der Waals surface area contributed by atoms with Gasteiger partial charge in [-0.1, -0.05) is 18.2 Å². The number of amides is 1. The van der Waals surface area contributed by atoms with Gasteiger partial charge in [0.1, 0.15) is 5.84 Å². The van der Waals surface area contributed by atoms with Crippen LogP contribution in [0.25, 0.3) is 0 Å². The van der Waals surface area contributed by atoms with E-state index in [2.05, 4.69) is 9.71 Å². The monoisotopic (exact) mass is 465 g/mol. The Bertz CT molecular complexity index is 1160. The zero-order valence-corrected chi connectivity index (χ0v) is 18.1. The van der Waals surface area contributed by atoms with Gasteiger partial charge in [-0.05, 0) is 54.7 Å². The normalized spacial score (nSPS) is 22.2. The second kappa shape index (κ2) is 8.23. The molecule has 0 radical (unpaired) electrons. The summed E-state index contributed by atoms with van der Waals surface area (Å²) in [7, 11) is -2.11. The number of hydrogen-bond donors (Lipinski definition) is 1. The number of halogens is 3. The summed E-state index contributed by atoms with van der Waals surface area (Å²) in [6.07, 6.45) is -2.43. The Morgan fingerprint density at radius 3 is 2.50 bits per heavy atom. The van der Waals surface area contributed by atoms with E-state index in [1.54, 1.807) is 18.0 Å². The number of hydrogen-bond acceptors (Lipinski definition) is 3. The van der Waals surface area contributed by atoms with E-state index >= 15 is 0 Å². The summed E-state index contributed by atoms with van der Waals surface area (Å²) in [6.45, 7) is 0.756. The van der Waals surface area contributed by atoms with E-state index in [0.717, 1.165) is 25.1 Å². The fourth-order valence-corrected chi connectivity index (χ4v) is 4.98. The molecule has 1 N–H and O–H groups in total. The van der Waals surface area contributed by atoms with E-state index in [1.165, 1.54) is 30.3 Å². The summed E-state index contributed by atoms with van der Waals surface area (Å²) in [5, 5.41) is 2.71. The molecule has 0 spiro atoms. The lowest BCUT2D eigenvalue weighted by Gasteiger charge is -2.11. The number of likely N-dealkylation sites (tertiary alicyclic amines) is 1. The molecule has 1 aliphatic heterocycles. The van der Waals surface area contributed by atoms with Crippen molar-refractivity contribution in [1.29, 1.82) is 0 Å². The molecule has 170 valence electrons. The summed E-state index contributed by atoms with van der Waals surface area (Å²) in [5.41, 5.74) is 0.272. The van der Waals surface area contributed by atoms with Crippen LogP contribution in [0.1, 0.15) is 36.3 Å². The molecule has 1 saturated carbocycles. The summed E-state index contributed by atoms with van der Waals surface area (Å²) in [5.74, 6) is -0.323. The molecule has 1 aliphatic carbocycles. The number of nitrogens with one attached hydrogen (secondary N) is 1. The molecule has 10 heteroatoms. The van der Waals surface area contributed by atoms with Crippen molar-refractivity contribution in [2.24, 2.45) is 10.3 Å². The summed E-state index contributed by atoms with van der Waals surface area (Å²) >= 11 is 0. The largest absolute Gasteiger partial charge is 0.416 e. The lowest BCUT2D eigenvalue weighted by molar-refractivity contribution is -0.137. The van der Waals surface area contributed by atoms with Gasteiger partial charge in [-0.3, -0.25) is 4.79 Å². The highest BCUT2D eigenvalue weighted by molar-refractivity contribution is 7.90. The minimum Gasteiger partial charge on any atom is -0.362 e. The Morgan fingerprint density at radius 2 is 1.88 bits per heavy atom. The number of benzene rings is 2. The first-order chi connectivity index (χ1) is 15.0. The smallest absolute Gasteiger partial charge is 0.362 e. The van der Waals surface area contributed by atoms with Gasteiger partial charge in [0, 0.05) is 31.6 Å². The van der Waals surface area contributed by atoms with Gasteiger partial charge in [-0.15, -0.1) is 4.40 Å². The van der Waals surface area contributed by atoms with Crippen LogP contribution in [-0.2, 0) is 21.0 Å². The maximum Gasteiger partial charge on any atom is 0.416 e. The third-order valence-electron chi connectivity index (χ3n) is 5.75. The maximum atomic E-state index is 12.7. The molecule has 4 rings (SSSR count). The fourth-order valence-electron chi connectivity index (χ4n) is 3.84. The van der Waals surface area contributed by atoms with E-state index in [4.69, 9.17) is 0 Å². The number of nitrogens with zero attached hydrogens (tertiary/aromatic N) is 2. The first-order valence-corrected chi connectivity index (χ1v) is 11.6. The lowest BCUT2D eigenvalue weighted by atomic mass is 10.1. The van der Waals surface area contributed by atoms with Crippen molar-refractivity contribution in [3.8, 4) is 0 Å². The van der Waals surface area contributed by atoms with E-state index < -0.39 is 21.8 Å². The van der Waals surface area contributed by atoms with Crippen molar-refractivity contribution in [2.75, 3.05) is 18.9 Å². The zero-order chi connectivity index (χ0) is 23.1. The van der Waals surface area contributed by atoms with Crippen LogP contribution in [0.15, 0.2) is 57.8 Å². The van der Waals surface area contributed by atoms with Gasteiger partial charge in [0.2, 0.25) is 5.91 Å². The summed E-state index contributed by atoms with van der Waals surface area (Å²) < 4.78 is 67.4. The fraction of sp³-hybridized carbons (Fsp3) is 0.364. The Kier molecular flexibility index (Phi) is 5.74. The molecule has 2 fully saturated rings. The van der Waals surface area contributed by atoms with Crippen LogP contribution in [0.4, 0.5) is 18.9 Å². The van der Waals surface area contributed by atoms with Crippen LogP contribution in [0.3, 0.4) is 0 Å². The first kappa shape index (κ1) is 22.3. The van der Waals surface area contributed by atoms with Crippen LogP contribution in [0.2, 0.25) is 0 Å². The van der Waals surface area contributed by atoms with Crippen LogP contribution in [0.5, 0.6) is 0 Å². The van der Waals surface area contributed by atoms with Crippen molar-refractivity contribution < 1.29 is 26.4 Å². The Morgan fingerprint density at radius 1 is 1.16 bits per heavy atom. The highest BCUT2D eigenvalue weighted by atomic mass is 32.2. The van der Waals surface area contributed by atoms with Crippen molar-refractivity contribution in [3.63, 3.8) is 0 Å². The van der Waals surface area contributed by atoms with Gasteiger partial charge < -0.3 is 10.2 Å². The maximum absolute atomic E-state index is 12.7. The lowest BCUT2D eigenvalue weighted by Crippen LogP contribution is -2.20. The van der Waals surface area contributed by atoms with Crippen LogP contribution < -0.4 is 5.32 Å². The van der Waals surface area contributed by atoms with E-state index in [0.29, 0.717) is 29.9 Å². The molecule has 1 heterocycles. The average molecular weight is 465 g/mol. The van der Waals surface area contributed by atoms with Crippen LogP contribution in [-0.4, -0.2) is 38.7 Å². The molecule has 1 amide bonds. The Labute approximate surface area is 184 Å². The SMILES string of the molecule is CN1CCC/C1=N\S(=O)(=O)c1cccc(NC(=O)C2CC2c2ccc(C(F)(F)F)cc2)c1. The number of alkyl halides is 3. The number of carbonyl (C=O) groups is 1. The molecule has 2 atom stereocenters.